The molecule has 0 aromatic heterocycles. The van der Waals surface area contributed by atoms with Crippen molar-refractivity contribution in [2.45, 2.75) is 31.9 Å². The van der Waals surface area contributed by atoms with Crippen molar-refractivity contribution in [1.29, 1.82) is 0 Å². The minimum absolute atomic E-state index is 0.0783. The maximum absolute atomic E-state index is 9.13. The molecular weight excluding hydrogens is 190 g/mol. The number of rotatable bonds is 5. The number of likely N-dealkylation sites (N-methyl/N-ethyl adjacent to an activating group) is 1. The Morgan fingerprint density at radius 3 is 2.87 bits per heavy atom. The number of aliphatic hydroxyl groups is 1. The van der Waals surface area contributed by atoms with Crippen molar-refractivity contribution in [3.63, 3.8) is 0 Å². The van der Waals surface area contributed by atoms with Crippen LogP contribution in [0.15, 0.2) is 0 Å². The first-order valence-corrected chi connectivity index (χ1v) is 6.14. The van der Waals surface area contributed by atoms with Crippen molar-refractivity contribution in [3.8, 4) is 0 Å². The van der Waals surface area contributed by atoms with Crippen LogP contribution >= 0.6 is 0 Å². The standard InChI is InChI=1S/C11H23N3O/c1-2-14-5-3-4-10(14)6-12-9-13-7-11(15)8-13/h10-12,15H,2-9H2,1H3. The lowest BCUT2D eigenvalue weighted by Crippen LogP contribution is -2.54. The summed E-state index contributed by atoms with van der Waals surface area (Å²) in [5.41, 5.74) is 0. The maximum atomic E-state index is 9.13. The van der Waals surface area contributed by atoms with Crippen LogP contribution in [0.4, 0.5) is 0 Å². The zero-order valence-electron chi connectivity index (χ0n) is 9.65. The Balaban J connectivity index is 1.57. The number of hydrogen-bond acceptors (Lipinski definition) is 4. The van der Waals surface area contributed by atoms with Crippen LogP contribution in [-0.2, 0) is 0 Å². The van der Waals surface area contributed by atoms with Crippen molar-refractivity contribution >= 4 is 0 Å². The van der Waals surface area contributed by atoms with E-state index in [4.69, 9.17) is 5.11 Å². The molecule has 1 unspecified atom stereocenters. The summed E-state index contributed by atoms with van der Waals surface area (Å²) in [5.74, 6) is 0. The first-order chi connectivity index (χ1) is 7.29. The van der Waals surface area contributed by atoms with Crippen LogP contribution in [-0.4, -0.2) is 66.4 Å². The topological polar surface area (TPSA) is 38.7 Å². The van der Waals surface area contributed by atoms with Gasteiger partial charge in [0.05, 0.1) is 6.10 Å². The van der Waals surface area contributed by atoms with Gasteiger partial charge in [0.15, 0.2) is 0 Å². The molecule has 88 valence electrons. The first-order valence-electron chi connectivity index (χ1n) is 6.14. The smallest absolute Gasteiger partial charge is 0.0794 e. The summed E-state index contributed by atoms with van der Waals surface area (Å²) in [6.45, 7) is 8.40. The average molecular weight is 213 g/mol. The molecule has 2 aliphatic rings. The lowest BCUT2D eigenvalue weighted by Gasteiger charge is -2.36. The molecular formula is C11H23N3O. The van der Waals surface area contributed by atoms with E-state index in [2.05, 4.69) is 22.0 Å². The van der Waals surface area contributed by atoms with Crippen molar-refractivity contribution in [2.75, 3.05) is 39.4 Å². The number of likely N-dealkylation sites (tertiary alicyclic amines) is 2. The van der Waals surface area contributed by atoms with E-state index < -0.39 is 0 Å². The average Bonchev–Trinajstić information content (AvgIpc) is 2.62. The van der Waals surface area contributed by atoms with E-state index in [9.17, 15) is 0 Å². The van der Waals surface area contributed by atoms with Gasteiger partial charge in [-0.3, -0.25) is 9.80 Å². The number of nitrogens with zero attached hydrogens (tertiary/aromatic N) is 2. The Kier molecular flexibility index (Phi) is 3.97. The lowest BCUT2D eigenvalue weighted by molar-refractivity contribution is -0.00309. The van der Waals surface area contributed by atoms with Gasteiger partial charge in [0.25, 0.3) is 0 Å². The molecule has 2 N–H and O–H groups in total. The van der Waals surface area contributed by atoms with Gasteiger partial charge in [0, 0.05) is 32.3 Å². The molecule has 2 saturated heterocycles. The van der Waals surface area contributed by atoms with Crippen molar-refractivity contribution < 1.29 is 5.11 Å². The monoisotopic (exact) mass is 213 g/mol. The van der Waals surface area contributed by atoms with Crippen LogP contribution in [0, 0.1) is 0 Å². The van der Waals surface area contributed by atoms with E-state index in [0.717, 1.165) is 32.3 Å². The Morgan fingerprint density at radius 1 is 1.40 bits per heavy atom. The second-order valence-corrected chi connectivity index (χ2v) is 4.73. The molecule has 0 aromatic rings. The summed E-state index contributed by atoms with van der Waals surface area (Å²) in [5, 5.41) is 12.6. The third kappa shape index (κ3) is 2.91. The highest BCUT2D eigenvalue weighted by atomic mass is 16.3. The molecule has 15 heavy (non-hydrogen) atoms. The predicted molar refractivity (Wildman–Crippen MR) is 60.7 cm³/mol. The Hall–Kier alpha value is -0.160. The van der Waals surface area contributed by atoms with E-state index in [1.54, 1.807) is 0 Å². The summed E-state index contributed by atoms with van der Waals surface area (Å²) in [6.07, 6.45) is 2.61. The van der Waals surface area contributed by atoms with E-state index in [0.29, 0.717) is 0 Å². The first kappa shape index (κ1) is 11.3. The van der Waals surface area contributed by atoms with Crippen LogP contribution < -0.4 is 5.32 Å². The minimum Gasteiger partial charge on any atom is -0.390 e. The number of aliphatic hydroxyl groups excluding tert-OH is 1. The number of β-amino-alcohol motifs (C(OH)–C–C–N with tert-alkyl or cyclic N) is 1. The van der Waals surface area contributed by atoms with E-state index in [1.807, 2.05) is 0 Å². The molecule has 0 aliphatic carbocycles. The van der Waals surface area contributed by atoms with Crippen LogP contribution in [0.5, 0.6) is 0 Å². The quantitative estimate of drug-likeness (QED) is 0.657. The van der Waals surface area contributed by atoms with Gasteiger partial charge in [-0.05, 0) is 25.9 Å². The molecule has 2 aliphatic heterocycles. The SMILES string of the molecule is CCN1CCCC1CNCN1CC(O)C1. The van der Waals surface area contributed by atoms with Gasteiger partial charge in [0.2, 0.25) is 0 Å². The number of hydrogen-bond donors (Lipinski definition) is 2. The highest BCUT2D eigenvalue weighted by Gasteiger charge is 2.25. The summed E-state index contributed by atoms with van der Waals surface area (Å²) < 4.78 is 0. The van der Waals surface area contributed by atoms with Crippen LogP contribution in [0.1, 0.15) is 19.8 Å². The molecule has 2 fully saturated rings. The fraction of sp³-hybridized carbons (Fsp3) is 1.00. The van der Waals surface area contributed by atoms with Crippen molar-refractivity contribution in [2.24, 2.45) is 0 Å². The molecule has 4 heteroatoms. The fourth-order valence-corrected chi connectivity index (χ4v) is 2.60. The molecule has 4 nitrogen and oxygen atoms in total. The summed E-state index contributed by atoms with van der Waals surface area (Å²) in [7, 11) is 0. The van der Waals surface area contributed by atoms with Gasteiger partial charge >= 0.3 is 0 Å². The molecule has 2 rings (SSSR count). The minimum atomic E-state index is -0.0783. The van der Waals surface area contributed by atoms with Crippen LogP contribution in [0.3, 0.4) is 0 Å². The van der Waals surface area contributed by atoms with Gasteiger partial charge in [-0.2, -0.15) is 0 Å². The highest BCUT2D eigenvalue weighted by Crippen LogP contribution is 2.15. The molecule has 0 amide bonds. The third-order valence-electron chi connectivity index (χ3n) is 3.56. The van der Waals surface area contributed by atoms with Gasteiger partial charge in [-0.1, -0.05) is 6.92 Å². The van der Waals surface area contributed by atoms with E-state index in [1.165, 1.54) is 25.9 Å². The normalized spacial score (nSPS) is 29.6. The molecule has 1 atom stereocenters. The Labute approximate surface area is 92.2 Å². The lowest BCUT2D eigenvalue weighted by atomic mass is 10.2. The van der Waals surface area contributed by atoms with E-state index >= 15 is 0 Å². The van der Waals surface area contributed by atoms with E-state index in [-0.39, 0.29) is 6.10 Å². The second-order valence-electron chi connectivity index (χ2n) is 4.73. The molecule has 2 heterocycles. The summed E-state index contributed by atoms with van der Waals surface area (Å²) in [6, 6.07) is 0.737. The fourth-order valence-electron chi connectivity index (χ4n) is 2.60. The second kappa shape index (κ2) is 5.25. The van der Waals surface area contributed by atoms with Gasteiger partial charge in [-0.15, -0.1) is 0 Å². The predicted octanol–water partition coefficient (Wildman–Crippen LogP) is -0.306. The van der Waals surface area contributed by atoms with Crippen molar-refractivity contribution in [3.05, 3.63) is 0 Å². The largest absolute Gasteiger partial charge is 0.390 e. The Morgan fingerprint density at radius 2 is 2.20 bits per heavy atom. The summed E-state index contributed by atoms with van der Waals surface area (Å²) >= 11 is 0. The molecule has 0 radical (unpaired) electrons. The molecule has 0 saturated carbocycles. The maximum Gasteiger partial charge on any atom is 0.0794 e. The van der Waals surface area contributed by atoms with Gasteiger partial charge in [-0.25, -0.2) is 0 Å². The number of nitrogens with one attached hydrogen (secondary N) is 1. The molecule has 0 bridgehead atoms. The highest BCUT2D eigenvalue weighted by molar-refractivity contribution is 4.82. The van der Waals surface area contributed by atoms with Gasteiger partial charge in [0.1, 0.15) is 0 Å². The van der Waals surface area contributed by atoms with Gasteiger partial charge < -0.3 is 10.4 Å². The van der Waals surface area contributed by atoms with Crippen LogP contribution in [0.2, 0.25) is 0 Å². The third-order valence-corrected chi connectivity index (χ3v) is 3.56. The van der Waals surface area contributed by atoms with Crippen molar-refractivity contribution in [1.82, 2.24) is 15.1 Å². The zero-order chi connectivity index (χ0) is 10.7. The zero-order valence-corrected chi connectivity index (χ0v) is 9.65. The van der Waals surface area contributed by atoms with Crippen LogP contribution in [0.25, 0.3) is 0 Å². The molecule has 0 spiro atoms. The summed E-state index contributed by atoms with van der Waals surface area (Å²) in [4.78, 5) is 4.80. The molecule has 0 aromatic carbocycles. The Bertz CT molecular complexity index is 194.